The van der Waals surface area contributed by atoms with Gasteiger partial charge in [0.2, 0.25) is 0 Å². The third-order valence-corrected chi connectivity index (χ3v) is 5.25. The topological polar surface area (TPSA) is 55.4 Å². The molecule has 1 aromatic rings. The molecule has 106 valence electrons. The molecule has 19 heavy (non-hydrogen) atoms. The number of para-hydroxylation sites is 1. The molecule has 0 bridgehead atoms. The van der Waals surface area contributed by atoms with E-state index in [9.17, 15) is 8.42 Å². The molecule has 1 unspecified atom stereocenters. The molecule has 4 nitrogen and oxygen atoms in total. The van der Waals surface area contributed by atoms with Crippen molar-refractivity contribution in [3.8, 4) is 5.75 Å². The van der Waals surface area contributed by atoms with E-state index in [1.165, 1.54) is 0 Å². The molecule has 1 aliphatic rings. The van der Waals surface area contributed by atoms with E-state index in [1.807, 2.05) is 13.0 Å². The van der Waals surface area contributed by atoms with Gasteiger partial charge < -0.3 is 10.1 Å². The minimum absolute atomic E-state index is 0.165. The van der Waals surface area contributed by atoms with Crippen LogP contribution in [0.15, 0.2) is 29.2 Å². The summed E-state index contributed by atoms with van der Waals surface area (Å²) in [4.78, 5) is 0.322. The maximum Gasteiger partial charge on any atom is 0.182 e. The lowest BCUT2D eigenvalue weighted by atomic mass is 10.1. The van der Waals surface area contributed by atoms with Crippen LogP contribution in [-0.4, -0.2) is 33.9 Å². The average Bonchev–Trinajstić information content (AvgIpc) is 2.90. The van der Waals surface area contributed by atoms with E-state index in [-0.39, 0.29) is 5.75 Å². The fourth-order valence-corrected chi connectivity index (χ4v) is 3.75. The van der Waals surface area contributed by atoms with E-state index < -0.39 is 9.84 Å². The molecule has 5 heteroatoms. The van der Waals surface area contributed by atoms with Crippen molar-refractivity contribution in [3.63, 3.8) is 0 Å². The van der Waals surface area contributed by atoms with Crippen molar-refractivity contribution in [2.75, 3.05) is 25.4 Å². The second-order valence-corrected chi connectivity index (χ2v) is 7.01. The summed E-state index contributed by atoms with van der Waals surface area (Å²) in [5, 5.41) is 3.28. The summed E-state index contributed by atoms with van der Waals surface area (Å²) in [6.45, 7) is 4.41. The molecule has 1 N–H and O–H groups in total. The summed E-state index contributed by atoms with van der Waals surface area (Å²) in [6, 6.07) is 6.93. The molecule has 1 aliphatic heterocycles. The summed E-state index contributed by atoms with van der Waals surface area (Å²) >= 11 is 0. The van der Waals surface area contributed by atoms with E-state index in [0.717, 1.165) is 19.5 Å². The average molecular weight is 283 g/mol. The standard InChI is InChI=1S/C14H21NO3S/c1-2-9-19(16,17)14-6-4-3-5-13(14)18-11-12-7-8-15-10-12/h3-6,12,15H,2,7-11H2,1H3. The fraction of sp³-hybridized carbons (Fsp3) is 0.571. The van der Waals surface area contributed by atoms with Crippen molar-refractivity contribution in [1.82, 2.24) is 5.32 Å². The van der Waals surface area contributed by atoms with Crippen LogP contribution in [0.3, 0.4) is 0 Å². The third kappa shape index (κ3) is 3.70. The molecular formula is C14H21NO3S. The lowest BCUT2D eigenvalue weighted by Gasteiger charge is -2.14. The molecule has 1 atom stereocenters. The van der Waals surface area contributed by atoms with Crippen molar-refractivity contribution < 1.29 is 13.2 Å². The zero-order chi connectivity index (χ0) is 13.7. The van der Waals surface area contributed by atoms with Crippen molar-refractivity contribution in [2.24, 2.45) is 5.92 Å². The van der Waals surface area contributed by atoms with Gasteiger partial charge in [-0.15, -0.1) is 0 Å². The highest BCUT2D eigenvalue weighted by Crippen LogP contribution is 2.25. The normalized spacial score (nSPS) is 19.5. The summed E-state index contributed by atoms with van der Waals surface area (Å²) < 4.78 is 30.0. The SMILES string of the molecule is CCCS(=O)(=O)c1ccccc1OCC1CCNC1. The molecule has 0 aromatic heterocycles. The van der Waals surface area contributed by atoms with Gasteiger partial charge in [-0.05, 0) is 31.5 Å². The number of hydrogen-bond donors (Lipinski definition) is 1. The Balaban J connectivity index is 2.11. The Hall–Kier alpha value is -1.07. The number of ether oxygens (including phenoxy) is 1. The van der Waals surface area contributed by atoms with Crippen LogP contribution < -0.4 is 10.1 Å². The Morgan fingerprint density at radius 1 is 1.37 bits per heavy atom. The molecular weight excluding hydrogens is 262 g/mol. The van der Waals surface area contributed by atoms with Crippen LogP contribution in [0.1, 0.15) is 19.8 Å². The van der Waals surface area contributed by atoms with E-state index in [1.54, 1.807) is 18.2 Å². The second-order valence-electron chi connectivity index (χ2n) is 4.94. The Bertz CT molecular complexity index is 507. The van der Waals surface area contributed by atoms with E-state index in [4.69, 9.17) is 4.74 Å². The van der Waals surface area contributed by atoms with E-state index >= 15 is 0 Å². The van der Waals surface area contributed by atoms with Gasteiger partial charge in [0.25, 0.3) is 0 Å². The van der Waals surface area contributed by atoms with Crippen LogP contribution in [0.2, 0.25) is 0 Å². The summed E-state index contributed by atoms with van der Waals surface area (Å²) in [7, 11) is -3.23. The first-order valence-corrected chi connectivity index (χ1v) is 8.44. The first-order valence-electron chi connectivity index (χ1n) is 6.79. The van der Waals surface area contributed by atoms with Gasteiger partial charge in [0.05, 0.1) is 12.4 Å². The Morgan fingerprint density at radius 3 is 2.84 bits per heavy atom. The number of nitrogens with one attached hydrogen (secondary N) is 1. The van der Waals surface area contributed by atoms with Gasteiger partial charge in [-0.25, -0.2) is 8.42 Å². The van der Waals surface area contributed by atoms with Gasteiger partial charge >= 0.3 is 0 Å². The largest absolute Gasteiger partial charge is 0.492 e. The maximum atomic E-state index is 12.2. The zero-order valence-electron chi connectivity index (χ0n) is 11.3. The molecule has 1 heterocycles. The third-order valence-electron chi connectivity index (χ3n) is 3.29. The predicted molar refractivity (Wildman–Crippen MR) is 75.3 cm³/mol. The van der Waals surface area contributed by atoms with Gasteiger partial charge in [-0.2, -0.15) is 0 Å². The minimum Gasteiger partial charge on any atom is -0.492 e. The smallest absolute Gasteiger partial charge is 0.182 e. The Labute approximate surface area is 115 Å². The molecule has 1 fully saturated rings. The first-order chi connectivity index (χ1) is 9.13. The van der Waals surface area contributed by atoms with Crippen LogP contribution in [0, 0.1) is 5.92 Å². The van der Waals surface area contributed by atoms with Gasteiger partial charge in [0, 0.05) is 12.5 Å². The molecule has 0 spiro atoms. The van der Waals surface area contributed by atoms with E-state index in [0.29, 0.717) is 29.6 Å². The van der Waals surface area contributed by atoms with Crippen LogP contribution in [-0.2, 0) is 9.84 Å². The molecule has 0 amide bonds. The van der Waals surface area contributed by atoms with Crippen molar-refractivity contribution >= 4 is 9.84 Å². The monoisotopic (exact) mass is 283 g/mol. The molecule has 0 saturated carbocycles. The number of sulfone groups is 1. The van der Waals surface area contributed by atoms with Crippen molar-refractivity contribution in [3.05, 3.63) is 24.3 Å². The highest BCUT2D eigenvalue weighted by Gasteiger charge is 2.20. The maximum absolute atomic E-state index is 12.2. The Morgan fingerprint density at radius 2 is 2.16 bits per heavy atom. The van der Waals surface area contributed by atoms with Crippen LogP contribution >= 0.6 is 0 Å². The lowest BCUT2D eigenvalue weighted by molar-refractivity contribution is 0.254. The van der Waals surface area contributed by atoms with Gasteiger partial charge in [0.15, 0.2) is 9.84 Å². The highest BCUT2D eigenvalue weighted by atomic mass is 32.2. The lowest BCUT2D eigenvalue weighted by Crippen LogP contribution is -2.17. The quantitative estimate of drug-likeness (QED) is 0.866. The predicted octanol–water partition coefficient (Wildman–Crippen LogP) is 1.86. The van der Waals surface area contributed by atoms with Gasteiger partial charge in [-0.1, -0.05) is 19.1 Å². The van der Waals surface area contributed by atoms with Gasteiger partial charge in [0.1, 0.15) is 10.6 Å². The van der Waals surface area contributed by atoms with Crippen molar-refractivity contribution in [1.29, 1.82) is 0 Å². The number of hydrogen-bond acceptors (Lipinski definition) is 4. The van der Waals surface area contributed by atoms with Crippen LogP contribution in [0.25, 0.3) is 0 Å². The second kappa shape index (κ2) is 6.39. The molecule has 0 radical (unpaired) electrons. The van der Waals surface area contributed by atoms with Gasteiger partial charge in [-0.3, -0.25) is 0 Å². The minimum atomic E-state index is -3.23. The number of benzene rings is 1. The molecule has 1 aromatic carbocycles. The fourth-order valence-electron chi connectivity index (χ4n) is 2.27. The molecule has 1 saturated heterocycles. The van der Waals surface area contributed by atoms with Crippen LogP contribution in [0.4, 0.5) is 0 Å². The zero-order valence-corrected chi connectivity index (χ0v) is 12.1. The number of rotatable bonds is 6. The Kier molecular flexibility index (Phi) is 4.82. The highest BCUT2D eigenvalue weighted by molar-refractivity contribution is 7.91. The molecule has 0 aliphatic carbocycles. The van der Waals surface area contributed by atoms with Crippen molar-refractivity contribution in [2.45, 2.75) is 24.7 Å². The summed E-state index contributed by atoms with van der Waals surface area (Å²) in [5.41, 5.74) is 0. The summed E-state index contributed by atoms with van der Waals surface area (Å²) in [5.74, 6) is 1.13. The summed E-state index contributed by atoms with van der Waals surface area (Å²) in [6.07, 6.45) is 1.70. The first kappa shape index (κ1) is 14.3. The van der Waals surface area contributed by atoms with Crippen LogP contribution in [0.5, 0.6) is 5.75 Å². The molecule has 2 rings (SSSR count). The van der Waals surface area contributed by atoms with E-state index in [2.05, 4.69) is 5.32 Å².